The van der Waals surface area contributed by atoms with E-state index in [1.165, 1.54) is 13.2 Å². The van der Waals surface area contributed by atoms with Crippen LogP contribution in [0.4, 0.5) is 0 Å². The van der Waals surface area contributed by atoms with E-state index in [1.54, 1.807) is 19.1 Å². The molecule has 5 nitrogen and oxygen atoms in total. The molecule has 2 N–H and O–H groups in total. The van der Waals surface area contributed by atoms with Gasteiger partial charge in [-0.25, -0.2) is 0 Å². The number of methoxy groups -OCH3 is 1. The summed E-state index contributed by atoms with van der Waals surface area (Å²) >= 11 is 0. The van der Waals surface area contributed by atoms with Crippen molar-refractivity contribution in [1.82, 2.24) is 0 Å². The van der Waals surface area contributed by atoms with Crippen LogP contribution in [0.5, 0.6) is 11.5 Å². The Bertz CT molecular complexity index is 388. The van der Waals surface area contributed by atoms with E-state index in [0.717, 1.165) is 0 Å². The molecule has 0 aliphatic carbocycles. The average Bonchev–Trinajstić information content (AvgIpc) is 2.31. The summed E-state index contributed by atoms with van der Waals surface area (Å²) in [4.78, 5) is 11.0. The quantitative estimate of drug-likeness (QED) is 0.760. The van der Waals surface area contributed by atoms with Crippen LogP contribution in [0.3, 0.4) is 0 Å². The van der Waals surface area contributed by atoms with Crippen LogP contribution in [0.1, 0.15) is 25.0 Å². The van der Waals surface area contributed by atoms with E-state index in [1.807, 2.05) is 0 Å². The van der Waals surface area contributed by atoms with Gasteiger partial charge in [0, 0.05) is 5.56 Å². The minimum absolute atomic E-state index is 0.147. The lowest BCUT2D eigenvalue weighted by Gasteiger charge is -2.14. The lowest BCUT2D eigenvalue weighted by molar-refractivity contribution is -0.142. The molecule has 1 rings (SSSR count). The van der Waals surface area contributed by atoms with E-state index in [4.69, 9.17) is 4.74 Å². The van der Waals surface area contributed by atoms with Gasteiger partial charge in [0.2, 0.25) is 0 Å². The number of para-hydroxylation sites is 1. The van der Waals surface area contributed by atoms with Crippen molar-refractivity contribution in [3.63, 3.8) is 0 Å². The molecular formula is C12H16O5. The van der Waals surface area contributed by atoms with Gasteiger partial charge in [0.25, 0.3) is 0 Å². The van der Waals surface area contributed by atoms with Gasteiger partial charge in [-0.2, -0.15) is 0 Å². The molecule has 0 bridgehead atoms. The van der Waals surface area contributed by atoms with E-state index in [-0.39, 0.29) is 23.5 Å². The Morgan fingerprint density at radius 1 is 1.47 bits per heavy atom. The lowest BCUT2D eigenvalue weighted by Crippen LogP contribution is -2.08. The second kappa shape index (κ2) is 6.10. The number of carbonyl (C=O) groups excluding carboxylic acids is 1. The molecule has 5 heteroatoms. The van der Waals surface area contributed by atoms with Crippen LogP contribution in [-0.2, 0) is 9.53 Å². The number of hydrogen-bond acceptors (Lipinski definition) is 5. The number of esters is 1. The summed E-state index contributed by atoms with van der Waals surface area (Å²) in [5, 5.41) is 19.6. The molecule has 0 heterocycles. The van der Waals surface area contributed by atoms with E-state index in [0.29, 0.717) is 6.61 Å². The number of carbonyl (C=O) groups is 1. The van der Waals surface area contributed by atoms with Crippen LogP contribution in [0.25, 0.3) is 0 Å². The molecule has 0 saturated carbocycles. The summed E-state index contributed by atoms with van der Waals surface area (Å²) in [5.41, 5.74) is 0.251. The highest BCUT2D eigenvalue weighted by molar-refractivity contribution is 5.70. The second-order valence-electron chi connectivity index (χ2n) is 3.42. The van der Waals surface area contributed by atoms with Crippen LogP contribution in [0.2, 0.25) is 0 Å². The molecular weight excluding hydrogens is 224 g/mol. The fourth-order valence-electron chi connectivity index (χ4n) is 1.43. The van der Waals surface area contributed by atoms with E-state index in [2.05, 4.69) is 4.74 Å². The van der Waals surface area contributed by atoms with Crippen molar-refractivity contribution < 1.29 is 24.5 Å². The average molecular weight is 240 g/mol. The molecule has 0 aliphatic rings. The predicted octanol–water partition coefficient (Wildman–Crippen LogP) is 1.39. The molecule has 0 saturated heterocycles. The van der Waals surface area contributed by atoms with Crippen LogP contribution in [0, 0.1) is 0 Å². The fraction of sp³-hybridized carbons (Fsp3) is 0.417. The first kappa shape index (κ1) is 13.3. The molecule has 0 aliphatic heterocycles. The minimum Gasteiger partial charge on any atom is -0.504 e. The van der Waals surface area contributed by atoms with E-state index >= 15 is 0 Å². The highest BCUT2D eigenvalue weighted by Gasteiger charge is 2.18. The Kier molecular flexibility index (Phi) is 4.78. The van der Waals surface area contributed by atoms with Gasteiger partial charge in [0.1, 0.15) is 0 Å². The van der Waals surface area contributed by atoms with Crippen LogP contribution in [0.15, 0.2) is 18.2 Å². The molecule has 1 aromatic rings. The van der Waals surface area contributed by atoms with Crippen molar-refractivity contribution in [3.8, 4) is 11.5 Å². The second-order valence-corrected chi connectivity index (χ2v) is 3.42. The van der Waals surface area contributed by atoms with Gasteiger partial charge in [-0.05, 0) is 13.0 Å². The molecule has 0 spiro atoms. The third-order valence-corrected chi connectivity index (χ3v) is 2.28. The maximum Gasteiger partial charge on any atom is 0.308 e. The third kappa shape index (κ3) is 3.35. The maximum absolute atomic E-state index is 11.0. The topological polar surface area (TPSA) is 76.0 Å². The molecule has 0 amide bonds. The van der Waals surface area contributed by atoms with Crippen molar-refractivity contribution in [2.75, 3.05) is 13.7 Å². The van der Waals surface area contributed by atoms with Crippen LogP contribution >= 0.6 is 0 Å². The van der Waals surface area contributed by atoms with Gasteiger partial charge in [0.05, 0.1) is 26.2 Å². The van der Waals surface area contributed by atoms with Gasteiger partial charge in [0.15, 0.2) is 11.5 Å². The Labute approximate surface area is 99.6 Å². The minimum atomic E-state index is -1.11. The molecule has 94 valence electrons. The maximum atomic E-state index is 11.0. The van der Waals surface area contributed by atoms with Crippen molar-refractivity contribution in [1.29, 1.82) is 0 Å². The van der Waals surface area contributed by atoms with Crippen molar-refractivity contribution >= 4 is 5.97 Å². The monoisotopic (exact) mass is 240 g/mol. The first-order valence-electron chi connectivity index (χ1n) is 5.29. The Hall–Kier alpha value is -1.75. The van der Waals surface area contributed by atoms with Crippen LogP contribution < -0.4 is 4.74 Å². The zero-order chi connectivity index (χ0) is 12.8. The molecule has 1 atom stereocenters. The summed E-state index contributed by atoms with van der Waals surface area (Å²) < 4.78 is 9.63. The van der Waals surface area contributed by atoms with Gasteiger partial charge in [-0.1, -0.05) is 12.1 Å². The van der Waals surface area contributed by atoms with Crippen molar-refractivity contribution in [2.45, 2.75) is 19.4 Å². The lowest BCUT2D eigenvalue weighted by atomic mass is 10.1. The number of aromatic hydroxyl groups is 1. The first-order valence-corrected chi connectivity index (χ1v) is 5.29. The zero-order valence-electron chi connectivity index (χ0n) is 9.84. The Morgan fingerprint density at radius 3 is 2.76 bits per heavy atom. The number of hydrogen-bond donors (Lipinski definition) is 2. The summed E-state index contributed by atoms with van der Waals surface area (Å²) in [6.07, 6.45) is -1.32. The highest BCUT2D eigenvalue weighted by atomic mass is 16.5. The number of aliphatic hydroxyl groups is 1. The summed E-state index contributed by atoms with van der Waals surface area (Å²) in [6, 6.07) is 4.76. The van der Waals surface area contributed by atoms with Crippen molar-refractivity contribution in [2.24, 2.45) is 0 Å². The fourth-order valence-corrected chi connectivity index (χ4v) is 1.43. The van der Waals surface area contributed by atoms with E-state index < -0.39 is 12.1 Å². The van der Waals surface area contributed by atoms with Crippen LogP contribution in [-0.4, -0.2) is 29.9 Å². The van der Waals surface area contributed by atoms with Gasteiger partial charge >= 0.3 is 5.97 Å². The van der Waals surface area contributed by atoms with Gasteiger partial charge in [-0.15, -0.1) is 0 Å². The SMILES string of the molecule is CCOc1cccc([C@@H](O)CC(=O)OC)c1O. The van der Waals surface area contributed by atoms with Crippen molar-refractivity contribution in [3.05, 3.63) is 23.8 Å². The predicted molar refractivity (Wildman–Crippen MR) is 60.9 cm³/mol. The number of benzene rings is 1. The number of phenols is 1. The zero-order valence-corrected chi connectivity index (χ0v) is 9.84. The molecule has 0 aromatic heterocycles. The largest absolute Gasteiger partial charge is 0.504 e. The summed E-state index contributed by atoms with van der Waals surface area (Å²) in [5.74, 6) is -0.404. The molecule has 17 heavy (non-hydrogen) atoms. The smallest absolute Gasteiger partial charge is 0.308 e. The molecule has 0 fully saturated rings. The first-order chi connectivity index (χ1) is 8.10. The number of ether oxygens (including phenoxy) is 2. The summed E-state index contributed by atoms with van der Waals surface area (Å²) in [7, 11) is 1.24. The highest BCUT2D eigenvalue weighted by Crippen LogP contribution is 2.34. The van der Waals surface area contributed by atoms with Gasteiger partial charge in [-0.3, -0.25) is 4.79 Å². The normalized spacial score (nSPS) is 11.9. The molecule has 1 aromatic carbocycles. The molecule has 0 radical (unpaired) electrons. The Morgan fingerprint density at radius 2 is 2.18 bits per heavy atom. The Balaban J connectivity index is 2.89. The standard InChI is InChI=1S/C12H16O5/c1-3-17-10-6-4-5-8(12(10)15)9(13)7-11(14)16-2/h4-6,9,13,15H,3,7H2,1-2H3/t9-/m0/s1. The number of phenolic OH excluding ortho intramolecular Hbond substituents is 1. The number of aliphatic hydroxyl groups excluding tert-OH is 1. The van der Waals surface area contributed by atoms with E-state index in [9.17, 15) is 15.0 Å². The third-order valence-electron chi connectivity index (χ3n) is 2.28. The van der Waals surface area contributed by atoms with Gasteiger partial charge < -0.3 is 19.7 Å². The number of rotatable bonds is 5. The summed E-state index contributed by atoms with van der Waals surface area (Å²) in [6.45, 7) is 2.20. The molecule has 0 unspecified atom stereocenters.